The molecular formula is C16H19N3O2. The highest BCUT2D eigenvalue weighted by atomic mass is 16.5. The maximum atomic E-state index is 8.73. The zero-order chi connectivity index (χ0) is 15.1. The lowest BCUT2D eigenvalue weighted by Crippen LogP contribution is -2.35. The van der Waals surface area contributed by atoms with Gasteiger partial charge in [0.15, 0.2) is 5.84 Å². The molecule has 110 valence electrons. The number of oxime groups is 1. The Hall–Kier alpha value is -2.69. The monoisotopic (exact) mass is 285 g/mol. The van der Waals surface area contributed by atoms with E-state index in [2.05, 4.69) is 10.5 Å². The summed E-state index contributed by atoms with van der Waals surface area (Å²) in [5, 5.41) is 15.0. The van der Waals surface area contributed by atoms with Gasteiger partial charge >= 0.3 is 0 Å². The van der Waals surface area contributed by atoms with Crippen LogP contribution in [-0.2, 0) is 0 Å². The molecule has 0 radical (unpaired) electrons. The molecule has 0 saturated carbocycles. The molecule has 0 fully saturated rings. The number of ether oxygens (including phenoxy) is 1. The maximum Gasteiger partial charge on any atom is 0.161 e. The van der Waals surface area contributed by atoms with Crippen molar-refractivity contribution in [2.75, 3.05) is 5.32 Å². The highest BCUT2D eigenvalue weighted by Crippen LogP contribution is 2.23. The Morgan fingerprint density at radius 1 is 1.14 bits per heavy atom. The van der Waals surface area contributed by atoms with E-state index in [1.54, 1.807) is 0 Å². The van der Waals surface area contributed by atoms with Gasteiger partial charge in [-0.05, 0) is 42.8 Å². The Morgan fingerprint density at radius 2 is 1.76 bits per heavy atom. The van der Waals surface area contributed by atoms with E-state index in [0.29, 0.717) is 0 Å². The molecule has 0 spiro atoms. The molecular weight excluding hydrogens is 266 g/mol. The molecule has 4 N–H and O–H groups in total. The zero-order valence-corrected chi connectivity index (χ0v) is 11.9. The van der Waals surface area contributed by atoms with Crippen LogP contribution in [0.25, 0.3) is 0 Å². The highest BCUT2D eigenvalue weighted by molar-refractivity contribution is 5.87. The van der Waals surface area contributed by atoms with Gasteiger partial charge in [-0.25, -0.2) is 0 Å². The van der Waals surface area contributed by atoms with E-state index >= 15 is 0 Å². The number of amidine groups is 1. The number of nitrogens with two attached hydrogens (primary N) is 1. The Bertz CT molecular complexity index is 582. The first-order chi connectivity index (χ1) is 10.2. The smallest absolute Gasteiger partial charge is 0.161 e. The summed E-state index contributed by atoms with van der Waals surface area (Å²) in [6.07, 6.45) is 0.720. The molecule has 2 rings (SSSR count). The van der Waals surface area contributed by atoms with Gasteiger partial charge in [-0.1, -0.05) is 30.3 Å². The second-order valence-corrected chi connectivity index (χ2v) is 4.57. The van der Waals surface area contributed by atoms with Crippen LogP contribution in [-0.4, -0.2) is 17.1 Å². The molecule has 5 nitrogen and oxygen atoms in total. The van der Waals surface area contributed by atoms with Gasteiger partial charge in [-0.15, -0.1) is 0 Å². The minimum atomic E-state index is -0.198. The predicted octanol–water partition coefficient (Wildman–Crippen LogP) is 3.42. The van der Waals surface area contributed by atoms with E-state index in [1.165, 1.54) is 0 Å². The lowest BCUT2D eigenvalue weighted by atomic mass is 10.2. The molecule has 0 aliphatic carbocycles. The molecule has 0 saturated heterocycles. The minimum Gasteiger partial charge on any atom is -0.457 e. The molecule has 2 aromatic carbocycles. The number of nitrogens with one attached hydrogen (secondary N) is 1. The highest BCUT2D eigenvalue weighted by Gasteiger charge is 2.11. The Morgan fingerprint density at radius 3 is 2.33 bits per heavy atom. The maximum absolute atomic E-state index is 8.73. The van der Waals surface area contributed by atoms with Crippen molar-refractivity contribution in [1.29, 1.82) is 0 Å². The number of para-hydroxylation sites is 1. The minimum absolute atomic E-state index is 0.169. The number of hydrogen-bond acceptors (Lipinski definition) is 4. The van der Waals surface area contributed by atoms with Gasteiger partial charge in [0.25, 0.3) is 0 Å². The normalized spacial score (nSPS) is 12.7. The molecule has 21 heavy (non-hydrogen) atoms. The lowest BCUT2D eigenvalue weighted by Gasteiger charge is -2.16. The summed E-state index contributed by atoms with van der Waals surface area (Å²) < 4.78 is 5.72. The van der Waals surface area contributed by atoms with Crippen molar-refractivity contribution in [2.45, 2.75) is 19.4 Å². The van der Waals surface area contributed by atoms with Crippen molar-refractivity contribution in [2.24, 2.45) is 10.9 Å². The summed E-state index contributed by atoms with van der Waals surface area (Å²) in [5.74, 6) is 1.71. The zero-order valence-electron chi connectivity index (χ0n) is 11.9. The molecule has 5 heteroatoms. The third kappa shape index (κ3) is 4.14. The number of benzene rings is 2. The fourth-order valence-corrected chi connectivity index (χ4v) is 1.90. The number of anilines is 1. The van der Waals surface area contributed by atoms with Crippen molar-refractivity contribution >= 4 is 11.5 Å². The summed E-state index contributed by atoms with van der Waals surface area (Å²) in [5.41, 5.74) is 6.50. The quantitative estimate of drug-likeness (QED) is 0.329. The Labute approximate surface area is 124 Å². The molecule has 0 aromatic heterocycles. The number of nitrogens with zero attached hydrogens (tertiary/aromatic N) is 1. The molecule has 0 heterocycles. The van der Waals surface area contributed by atoms with Crippen LogP contribution >= 0.6 is 0 Å². The molecule has 1 atom stereocenters. The lowest BCUT2D eigenvalue weighted by molar-refractivity contribution is 0.316. The van der Waals surface area contributed by atoms with Crippen LogP contribution in [0.3, 0.4) is 0 Å². The van der Waals surface area contributed by atoms with Crippen LogP contribution in [0.5, 0.6) is 11.5 Å². The molecule has 0 amide bonds. The average Bonchev–Trinajstić information content (AvgIpc) is 2.54. The van der Waals surface area contributed by atoms with E-state index in [4.69, 9.17) is 15.7 Å². The van der Waals surface area contributed by atoms with Crippen molar-refractivity contribution in [3.63, 3.8) is 0 Å². The third-order valence-corrected chi connectivity index (χ3v) is 3.05. The van der Waals surface area contributed by atoms with Crippen LogP contribution < -0.4 is 15.8 Å². The van der Waals surface area contributed by atoms with Crippen molar-refractivity contribution < 1.29 is 9.94 Å². The largest absolute Gasteiger partial charge is 0.457 e. The molecule has 1 unspecified atom stereocenters. The van der Waals surface area contributed by atoms with Crippen LogP contribution in [0.2, 0.25) is 0 Å². The van der Waals surface area contributed by atoms with E-state index in [0.717, 1.165) is 23.6 Å². The number of hydrogen-bond donors (Lipinski definition) is 3. The molecule has 0 aliphatic rings. The van der Waals surface area contributed by atoms with Crippen molar-refractivity contribution in [1.82, 2.24) is 0 Å². The van der Waals surface area contributed by atoms with E-state index in [9.17, 15) is 0 Å². The fraction of sp³-hybridized carbons (Fsp3) is 0.188. The second kappa shape index (κ2) is 7.19. The molecule has 0 bridgehead atoms. The van der Waals surface area contributed by atoms with Crippen LogP contribution in [0, 0.1) is 0 Å². The van der Waals surface area contributed by atoms with E-state index < -0.39 is 0 Å². The Kier molecular flexibility index (Phi) is 5.04. The van der Waals surface area contributed by atoms with Gasteiger partial charge in [-0.3, -0.25) is 0 Å². The number of rotatable bonds is 6. The van der Waals surface area contributed by atoms with Crippen molar-refractivity contribution in [3.8, 4) is 11.5 Å². The van der Waals surface area contributed by atoms with Gasteiger partial charge in [0.2, 0.25) is 0 Å². The summed E-state index contributed by atoms with van der Waals surface area (Å²) in [6.45, 7) is 1.96. The second-order valence-electron chi connectivity index (χ2n) is 4.57. The molecule has 2 aromatic rings. The first-order valence-corrected chi connectivity index (χ1v) is 6.80. The topological polar surface area (TPSA) is 79.9 Å². The van der Waals surface area contributed by atoms with Gasteiger partial charge in [-0.2, -0.15) is 0 Å². The standard InChI is InChI=1S/C16H19N3O2/c1-2-15(16(17)19-20)18-12-8-10-14(11-9-12)21-13-6-4-3-5-7-13/h3-11,15,18,20H,2H2,1H3,(H2,17,19). The van der Waals surface area contributed by atoms with Crippen LogP contribution in [0.1, 0.15) is 13.3 Å². The van der Waals surface area contributed by atoms with Crippen molar-refractivity contribution in [3.05, 3.63) is 54.6 Å². The summed E-state index contributed by atoms with van der Waals surface area (Å²) >= 11 is 0. The average molecular weight is 285 g/mol. The van der Waals surface area contributed by atoms with Gasteiger partial charge in [0.05, 0.1) is 6.04 Å². The summed E-state index contributed by atoms with van der Waals surface area (Å²) in [6, 6.07) is 16.9. The van der Waals surface area contributed by atoms with E-state index in [-0.39, 0.29) is 11.9 Å². The third-order valence-electron chi connectivity index (χ3n) is 3.05. The van der Waals surface area contributed by atoms with Crippen LogP contribution in [0.15, 0.2) is 59.8 Å². The van der Waals surface area contributed by atoms with Gasteiger partial charge in [0, 0.05) is 5.69 Å². The van der Waals surface area contributed by atoms with Gasteiger partial charge in [0.1, 0.15) is 11.5 Å². The van der Waals surface area contributed by atoms with Crippen LogP contribution in [0.4, 0.5) is 5.69 Å². The summed E-state index contributed by atoms with van der Waals surface area (Å²) in [7, 11) is 0. The van der Waals surface area contributed by atoms with E-state index in [1.807, 2.05) is 61.5 Å². The Balaban J connectivity index is 2.02. The first-order valence-electron chi connectivity index (χ1n) is 6.80. The molecule has 0 aliphatic heterocycles. The predicted molar refractivity (Wildman–Crippen MR) is 84.1 cm³/mol. The first kappa shape index (κ1) is 14.7. The van der Waals surface area contributed by atoms with Gasteiger partial charge < -0.3 is 21.0 Å². The summed E-state index contributed by atoms with van der Waals surface area (Å²) in [4.78, 5) is 0. The SMILES string of the molecule is CCC(Nc1ccc(Oc2ccccc2)cc1)C(N)=NO. The fourth-order valence-electron chi connectivity index (χ4n) is 1.90.